The first-order valence-corrected chi connectivity index (χ1v) is 10.2. The first-order chi connectivity index (χ1) is 11.0. The van der Waals surface area contributed by atoms with E-state index in [2.05, 4.69) is 76.2 Å². The third kappa shape index (κ3) is 4.77. The summed E-state index contributed by atoms with van der Waals surface area (Å²) in [6.45, 7) is 10.1. The maximum absolute atomic E-state index is 6.53. The first kappa shape index (κ1) is 17.9. The molecular weight excluding hydrogens is 300 g/mol. The molecule has 0 saturated heterocycles. The molecule has 124 valence electrons. The Hall–Kier alpha value is -1.42. The molecule has 0 atom stereocenters. The molecule has 0 N–H and O–H groups in total. The van der Waals surface area contributed by atoms with E-state index in [9.17, 15) is 0 Å². The summed E-state index contributed by atoms with van der Waals surface area (Å²) >= 11 is 0. The fraction of sp³-hybridized carbons (Fsp3) is 0.400. The van der Waals surface area contributed by atoms with Gasteiger partial charge in [0.15, 0.2) is 0 Å². The van der Waals surface area contributed by atoms with Crippen molar-refractivity contribution in [2.75, 3.05) is 13.2 Å². The topological polar surface area (TPSA) is 18.5 Å². The zero-order valence-corrected chi connectivity index (χ0v) is 15.7. The molecule has 0 saturated carbocycles. The van der Waals surface area contributed by atoms with Gasteiger partial charge in [-0.3, -0.25) is 0 Å². The zero-order chi connectivity index (χ0) is 16.7. The van der Waals surface area contributed by atoms with Gasteiger partial charge in [0.05, 0.1) is 0 Å². The van der Waals surface area contributed by atoms with Crippen LogP contribution in [0.25, 0.3) is 0 Å². The fourth-order valence-corrected chi connectivity index (χ4v) is 5.91. The summed E-state index contributed by atoms with van der Waals surface area (Å²) in [6, 6.07) is 20.9. The Morgan fingerprint density at radius 3 is 1.30 bits per heavy atom. The molecule has 0 bridgehead atoms. The average Bonchev–Trinajstić information content (AvgIpc) is 2.56. The number of benzene rings is 2. The van der Waals surface area contributed by atoms with Crippen molar-refractivity contribution in [1.82, 2.24) is 0 Å². The predicted molar refractivity (Wildman–Crippen MR) is 99.5 cm³/mol. The van der Waals surface area contributed by atoms with Crippen LogP contribution in [0.5, 0.6) is 0 Å². The molecule has 0 aliphatic rings. The van der Waals surface area contributed by atoms with Gasteiger partial charge in [-0.15, -0.1) is 0 Å². The molecule has 0 fully saturated rings. The van der Waals surface area contributed by atoms with Crippen LogP contribution < -0.4 is 10.4 Å². The van der Waals surface area contributed by atoms with Gasteiger partial charge in [0.25, 0.3) is 0 Å². The molecule has 2 aromatic carbocycles. The minimum absolute atomic E-state index is 0.469. The number of hydrogen-bond donors (Lipinski definition) is 0. The second-order valence-corrected chi connectivity index (χ2v) is 9.72. The lowest BCUT2D eigenvalue weighted by atomic mass is 10.2. The van der Waals surface area contributed by atoms with Gasteiger partial charge < -0.3 is 8.85 Å². The lowest BCUT2D eigenvalue weighted by Crippen LogP contribution is -2.64. The normalized spacial score (nSPS) is 12.1. The van der Waals surface area contributed by atoms with Crippen LogP contribution in [0.2, 0.25) is 0 Å². The molecule has 0 aliphatic heterocycles. The summed E-state index contributed by atoms with van der Waals surface area (Å²) in [5.74, 6) is 0.939. The molecule has 2 nitrogen and oxygen atoms in total. The Morgan fingerprint density at radius 1 is 0.652 bits per heavy atom. The maximum Gasteiger partial charge on any atom is 0.407 e. The van der Waals surface area contributed by atoms with Crippen LogP contribution >= 0.6 is 0 Å². The Morgan fingerprint density at radius 2 is 1.00 bits per heavy atom. The van der Waals surface area contributed by atoms with E-state index >= 15 is 0 Å². The van der Waals surface area contributed by atoms with Crippen LogP contribution in [-0.4, -0.2) is 21.8 Å². The second-order valence-electron chi connectivity index (χ2n) is 6.76. The molecule has 0 unspecified atom stereocenters. The van der Waals surface area contributed by atoms with E-state index < -0.39 is 8.56 Å². The highest BCUT2D eigenvalue weighted by Gasteiger charge is 2.43. The van der Waals surface area contributed by atoms with Crippen molar-refractivity contribution >= 4 is 18.9 Å². The quantitative estimate of drug-likeness (QED) is 0.690. The number of rotatable bonds is 8. The highest BCUT2D eigenvalue weighted by molar-refractivity contribution is 6.92. The van der Waals surface area contributed by atoms with E-state index in [-0.39, 0.29) is 0 Å². The van der Waals surface area contributed by atoms with Crippen molar-refractivity contribution < 1.29 is 8.85 Å². The summed E-state index contributed by atoms with van der Waals surface area (Å²) in [4.78, 5) is 0. The summed E-state index contributed by atoms with van der Waals surface area (Å²) < 4.78 is 13.1. The van der Waals surface area contributed by atoms with Gasteiger partial charge in [-0.2, -0.15) is 0 Å². The van der Waals surface area contributed by atoms with Crippen molar-refractivity contribution in [3.8, 4) is 0 Å². The Labute approximate surface area is 141 Å². The molecule has 2 aromatic rings. The van der Waals surface area contributed by atoms with Gasteiger partial charge in [-0.05, 0) is 22.2 Å². The molecule has 0 heterocycles. The van der Waals surface area contributed by atoms with E-state index in [1.54, 1.807) is 0 Å². The first-order valence-electron chi connectivity index (χ1n) is 8.43. The summed E-state index contributed by atoms with van der Waals surface area (Å²) in [5.41, 5.74) is 0. The van der Waals surface area contributed by atoms with Crippen molar-refractivity contribution in [1.29, 1.82) is 0 Å². The Balaban J connectivity index is 2.48. The average molecular weight is 329 g/mol. The van der Waals surface area contributed by atoms with Gasteiger partial charge in [0.1, 0.15) is 0 Å². The van der Waals surface area contributed by atoms with Crippen molar-refractivity contribution in [2.24, 2.45) is 11.8 Å². The van der Waals surface area contributed by atoms with Gasteiger partial charge in [-0.1, -0.05) is 88.4 Å². The van der Waals surface area contributed by atoms with Crippen molar-refractivity contribution in [3.63, 3.8) is 0 Å². The Bertz CT molecular complexity index is 513. The largest absolute Gasteiger partial charge is 0.407 e. The Kier molecular flexibility index (Phi) is 6.57. The predicted octanol–water partition coefficient (Wildman–Crippen LogP) is 3.59. The summed E-state index contributed by atoms with van der Waals surface area (Å²) in [6.07, 6.45) is 0. The molecule has 23 heavy (non-hydrogen) atoms. The lowest BCUT2D eigenvalue weighted by molar-refractivity contribution is 0.159. The van der Waals surface area contributed by atoms with Crippen LogP contribution in [0.3, 0.4) is 0 Å². The molecule has 0 amide bonds. The van der Waals surface area contributed by atoms with Gasteiger partial charge in [0.2, 0.25) is 0 Å². The molecule has 0 aromatic heterocycles. The van der Waals surface area contributed by atoms with E-state index in [1.807, 2.05) is 12.1 Å². The zero-order valence-electron chi connectivity index (χ0n) is 14.7. The summed E-state index contributed by atoms with van der Waals surface area (Å²) in [5, 5.41) is 2.35. The molecule has 0 spiro atoms. The van der Waals surface area contributed by atoms with Crippen LogP contribution in [0.15, 0.2) is 60.7 Å². The highest BCUT2D eigenvalue weighted by Crippen LogP contribution is 2.13. The second kappa shape index (κ2) is 8.43. The molecular formula is C20H28O2Si. The smallest absolute Gasteiger partial charge is 0.387 e. The standard InChI is InChI=1S/C20H28O2Si/c1-17(2)15-21-23(22-16-18(3)4,19-11-7-5-8-12-19)20-13-9-6-10-14-20/h5-14,17-18H,15-16H2,1-4H3. The fourth-order valence-electron chi connectivity index (χ4n) is 2.42. The van der Waals surface area contributed by atoms with E-state index in [4.69, 9.17) is 8.85 Å². The van der Waals surface area contributed by atoms with Crippen molar-refractivity contribution in [2.45, 2.75) is 27.7 Å². The van der Waals surface area contributed by atoms with Crippen LogP contribution in [0.4, 0.5) is 0 Å². The SMILES string of the molecule is CC(C)CO[Si](OCC(C)C)(c1ccccc1)c1ccccc1. The van der Waals surface area contributed by atoms with E-state index in [0.29, 0.717) is 25.0 Å². The van der Waals surface area contributed by atoms with Crippen LogP contribution in [-0.2, 0) is 8.85 Å². The number of hydrogen-bond acceptors (Lipinski definition) is 2. The van der Waals surface area contributed by atoms with E-state index in [1.165, 1.54) is 10.4 Å². The molecule has 0 aliphatic carbocycles. The molecule has 2 rings (SSSR count). The minimum atomic E-state index is -2.67. The third-order valence-electron chi connectivity index (χ3n) is 3.55. The monoisotopic (exact) mass is 328 g/mol. The van der Waals surface area contributed by atoms with Gasteiger partial charge in [-0.25, -0.2) is 0 Å². The lowest BCUT2D eigenvalue weighted by Gasteiger charge is -2.33. The highest BCUT2D eigenvalue weighted by atomic mass is 28.4. The van der Waals surface area contributed by atoms with E-state index in [0.717, 1.165) is 0 Å². The van der Waals surface area contributed by atoms with Crippen LogP contribution in [0.1, 0.15) is 27.7 Å². The third-order valence-corrected chi connectivity index (χ3v) is 6.88. The van der Waals surface area contributed by atoms with Crippen molar-refractivity contribution in [3.05, 3.63) is 60.7 Å². The van der Waals surface area contributed by atoms with Crippen LogP contribution in [0, 0.1) is 11.8 Å². The molecule has 3 heteroatoms. The van der Waals surface area contributed by atoms with Gasteiger partial charge in [0, 0.05) is 13.2 Å². The van der Waals surface area contributed by atoms with Gasteiger partial charge >= 0.3 is 8.56 Å². The minimum Gasteiger partial charge on any atom is -0.387 e. The molecule has 0 radical (unpaired) electrons. The maximum atomic E-state index is 6.53. The summed E-state index contributed by atoms with van der Waals surface area (Å²) in [7, 11) is -2.67.